The van der Waals surface area contributed by atoms with Crippen LogP contribution in [0.4, 0.5) is 0 Å². The molecule has 18 heavy (non-hydrogen) atoms. The van der Waals surface area contributed by atoms with Gasteiger partial charge in [-0.2, -0.15) is 5.26 Å². The molecule has 4 nitrogen and oxygen atoms in total. The highest BCUT2D eigenvalue weighted by Gasteiger charge is 2.13. The third-order valence-electron chi connectivity index (χ3n) is 2.58. The molecule has 1 heterocycles. The van der Waals surface area contributed by atoms with Gasteiger partial charge in [-0.3, -0.25) is 0 Å². The molecule has 2 rings (SSSR count). The Labute approximate surface area is 104 Å². The van der Waals surface area contributed by atoms with E-state index in [4.69, 9.17) is 14.4 Å². The first kappa shape index (κ1) is 11.9. The van der Waals surface area contributed by atoms with Gasteiger partial charge in [-0.05, 0) is 19.1 Å². The molecule has 2 aromatic rings. The fourth-order valence-electron chi connectivity index (χ4n) is 1.57. The molecule has 0 amide bonds. The maximum absolute atomic E-state index is 11.7. The largest absolute Gasteiger partial charge is 0.469 e. The van der Waals surface area contributed by atoms with Crippen molar-refractivity contribution in [3.8, 4) is 6.07 Å². The average Bonchev–Trinajstić information content (AvgIpc) is 2.82. The summed E-state index contributed by atoms with van der Waals surface area (Å²) in [6.07, 6.45) is 1.44. The van der Waals surface area contributed by atoms with E-state index in [-0.39, 0.29) is 6.61 Å². The number of furan rings is 1. The SMILES string of the molecule is Cc1occc1C(=O)OCc1ccccc1C#N. The van der Waals surface area contributed by atoms with Gasteiger partial charge in [-0.15, -0.1) is 0 Å². The number of aryl methyl sites for hydroxylation is 1. The zero-order valence-electron chi connectivity index (χ0n) is 9.84. The van der Waals surface area contributed by atoms with Crippen LogP contribution in [0.1, 0.15) is 27.2 Å². The Hall–Kier alpha value is -2.54. The highest BCUT2D eigenvalue weighted by molar-refractivity contribution is 5.90. The molecular weight excluding hydrogens is 230 g/mol. The molecule has 0 aliphatic rings. The lowest BCUT2D eigenvalue weighted by molar-refractivity contribution is 0.0470. The first-order chi connectivity index (χ1) is 8.72. The lowest BCUT2D eigenvalue weighted by atomic mass is 10.1. The van der Waals surface area contributed by atoms with E-state index in [1.807, 2.05) is 0 Å². The summed E-state index contributed by atoms with van der Waals surface area (Å²) < 4.78 is 10.2. The summed E-state index contributed by atoms with van der Waals surface area (Å²) >= 11 is 0. The summed E-state index contributed by atoms with van der Waals surface area (Å²) in [7, 11) is 0. The highest BCUT2D eigenvalue weighted by Crippen LogP contribution is 2.13. The van der Waals surface area contributed by atoms with Crippen LogP contribution >= 0.6 is 0 Å². The Morgan fingerprint density at radius 2 is 2.17 bits per heavy atom. The number of hydrogen-bond acceptors (Lipinski definition) is 4. The number of benzene rings is 1. The quantitative estimate of drug-likeness (QED) is 0.775. The van der Waals surface area contributed by atoms with Crippen LogP contribution in [0, 0.1) is 18.3 Å². The van der Waals surface area contributed by atoms with Crippen LogP contribution in [0.15, 0.2) is 41.0 Å². The minimum absolute atomic E-state index is 0.0766. The minimum Gasteiger partial charge on any atom is -0.469 e. The van der Waals surface area contributed by atoms with E-state index in [1.165, 1.54) is 6.26 Å². The van der Waals surface area contributed by atoms with Crippen molar-refractivity contribution in [3.63, 3.8) is 0 Å². The number of ether oxygens (including phenoxy) is 1. The second-order valence-electron chi connectivity index (χ2n) is 3.74. The van der Waals surface area contributed by atoms with Crippen LogP contribution in [0.5, 0.6) is 0 Å². The van der Waals surface area contributed by atoms with E-state index in [0.717, 1.165) is 0 Å². The molecule has 0 radical (unpaired) electrons. The summed E-state index contributed by atoms with van der Waals surface area (Å²) in [5.41, 5.74) is 1.60. The summed E-state index contributed by atoms with van der Waals surface area (Å²) in [4.78, 5) is 11.7. The molecule has 0 saturated heterocycles. The molecule has 0 aliphatic carbocycles. The Bertz CT molecular complexity index is 607. The van der Waals surface area contributed by atoms with Crippen molar-refractivity contribution in [2.24, 2.45) is 0 Å². The smallest absolute Gasteiger partial charge is 0.342 e. The summed E-state index contributed by atoms with van der Waals surface area (Å²) in [6, 6.07) is 10.6. The van der Waals surface area contributed by atoms with Crippen LogP contribution in [-0.4, -0.2) is 5.97 Å². The van der Waals surface area contributed by atoms with Crippen LogP contribution in [0.3, 0.4) is 0 Å². The van der Waals surface area contributed by atoms with Gasteiger partial charge in [-0.25, -0.2) is 4.79 Å². The van der Waals surface area contributed by atoms with Gasteiger partial charge in [0.15, 0.2) is 0 Å². The van der Waals surface area contributed by atoms with E-state index in [9.17, 15) is 4.79 Å². The van der Waals surface area contributed by atoms with Gasteiger partial charge >= 0.3 is 5.97 Å². The zero-order valence-corrected chi connectivity index (χ0v) is 9.84. The molecule has 0 saturated carbocycles. The predicted molar refractivity (Wildman–Crippen MR) is 63.7 cm³/mol. The van der Waals surface area contributed by atoms with E-state index < -0.39 is 5.97 Å². The molecule has 0 aliphatic heterocycles. The maximum atomic E-state index is 11.7. The fraction of sp³-hybridized carbons (Fsp3) is 0.143. The first-order valence-electron chi connectivity index (χ1n) is 5.41. The Kier molecular flexibility index (Phi) is 3.44. The Morgan fingerprint density at radius 1 is 1.39 bits per heavy atom. The maximum Gasteiger partial charge on any atom is 0.342 e. The van der Waals surface area contributed by atoms with Gasteiger partial charge in [0.25, 0.3) is 0 Å². The van der Waals surface area contributed by atoms with Crippen molar-refractivity contribution in [1.29, 1.82) is 5.26 Å². The third-order valence-corrected chi connectivity index (χ3v) is 2.58. The van der Waals surface area contributed by atoms with Gasteiger partial charge in [-0.1, -0.05) is 18.2 Å². The van der Waals surface area contributed by atoms with Crippen molar-refractivity contribution in [1.82, 2.24) is 0 Å². The van der Waals surface area contributed by atoms with Gasteiger partial charge < -0.3 is 9.15 Å². The van der Waals surface area contributed by atoms with Gasteiger partial charge in [0.1, 0.15) is 17.9 Å². The Morgan fingerprint density at radius 3 is 2.83 bits per heavy atom. The van der Waals surface area contributed by atoms with Crippen LogP contribution in [0.25, 0.3) is 0 Å². The molecule has 1 aromatic heterocycles. The van der Waals surface area contributed by atoms with E-state index in [1.54, 1.807) is 37.3 Å². The number of hydrogen-bond donors (Lipinski definition) is 0. The topological polar surface area (TPSA) is 63.2 Å². The molecule has 0 spiro atoms. The number of esters is 1. The molecule has 0 unspecified atom stereocenters. The standard InChI is InChI=1S/C14H11NO3/c1-10-13(6-7-17-10)14(16)18-9-12-5-3-2-4-11(12)8-15/h2-7H,9H2,1H3. The number of carbonyl (C=O) groups is 1. The summed E-state index contributed by atoms with van der Waals surface area (Å²) in [5, 5.41) is 8.91. The average molecular weight is 241 g/mol. The van der Waals surface area contributed by atoms with Crippen LogP contribution < -0.4 is 0 Å². The number of nitriles is 1. The molecule has 0 N–H and O–H groups in total. The number of rotatable bonds is 3. The van der Waals surface area contributed by atoms with Gasteiger partial charge in [0.05, 0.1) is 17.9 Å². The lowest BCUT2D eigenvalue weighted by Crippen LogP contribution is -2.06. The second kappa shape index (κ2) is 5.19. The highest BCUT2D eigenvalue weighted by atomic mass is 16.5. The van der Waals surface area contributed by atoms with Crippen molar-refractivity contribution >= 4 is 5.97 Å². The first-order valence-corrected chi connectivity index (χ1v) is 5.41. The molecule has 4 heteroatoms. The molecule has 0 atom stereocenters. The monoisotopic (exact) mass is 241 g/mol. The summed E-state index contributed by atoms with van der Waals surface area (Å²) in [5.74, 6) is 0.0718. The zero-order chi connectivity index (χ0) is 13.0. The molecular formula is C14H11NO3. The number of nitrogens with zero attached hydrogens (tertiary/aromatic N) is 1. The Balaban J connectivity index is 2.07. The van der Waals surface area contributed by atoms with Gasteiger partial charge in [0, 0.05) is 5.56 Å². The van der Waals surface area contributed by atoms with Crippen molar-refractivity contribution < 1.29 is 13.9 Å². The third kappa shape index (κ3) is 2.41. The second-order valence-corrected chi connectivity index (χ2v) is 3.74. The molecule has 1 aromatic carbocycles. The fourth-order valence-corrected chi connectivity index (χ4v) is 1.57. The molecule has 90 valence electrons. The number of carbonyl (C=O) groups excluding carboxylic acids is 1. The minimum atomic E-state index is -0.450. The molecule has 0 fully saturated rings. The van der Waals surface area contributed by atoms with Crippen molar-refractivity contribution in [2.75, 3.05) is 0 Å². The van der Waals surface area contributed by atoms with Crippen LogP contribution in [0.2, 0.25) is 0 Å². The normalized spacial score (nSPS) is 9.78. The van der Waals surface area contributed by atoms with Crippen molar-refractivity contribution in [2.45, 2.75) is 13.5 Å². The molecule has 0 bridgehead atoms. The van der Waals surface area contributed by atoms with E-state index in [0.29, 0.717) is 22.5 Å². The van der Waals surface area contributed by atoms with E-state index in [2.05, 4.69) is 6.07 Å². The summed E-state index contributed by atoms with van der Waals surface area (Å²) in [6.45, 7) is 1.77. The van der Waals surface area contributed by atoms with E-state index >= 15 is 0 Å². The van der Waals surface area contributed by atoms with Crippen molar-refractivity contribution in [3.05, 3.63) is 59.0 Å². The lowest BCUT2D eigenvalue weighted by Gasteiger charge is -2.05. The predicted octanol–water partition coefficient (Wildman–Crippen LogP) is 2.82. The van der Waals surface area contributed by atoms with Gasteiger partial charge in [0.2, 0.25) is 0 Å². The van der Waals surface area contributed by atoms with Crippen LogP contribution in [-0.2, 0) is 11.3 Å².